The lowest BCUT2D eigenvalue weighted by molar-refractivity contribution is -0.148. The molecule has 0 saturated carbocycles. The van der Waals surface area contributed by atoms with Gasteiger partial charge in [-0.1, -0.05) is 29.3 Å². The van der Waals surface area contributed by atoms with Crippen LogP contribution in [0, 0.1) is 0 Å². The van der Waals surface area contributed by atoms with E-state index in [1.165, 1.54) is 0 Å². The van der Waals surface area contributed by atoms with Crippen LogP contribution in [0.1, 0.15) is 19.4 Å². The molecule has 5 heteroatoms. The van der Waals surface area contributed by atoms with Crippen LogP contribution in [0.25, 0.3) is 0 Å². The average Bonchev–Trinajstić information content (AvgIpc) is 2.32. The first kappa shape index (κ1) is 15.7. The molecule has 0 aliphatic heterocycles. The van der Waals surface area contributed by atoms with Gasteiger partial charge in [-0.3, -0.25) is 0 Å². The molecule has 0 spiro atoms. The summed E-state index contributed by atoms with van der Waals surface area (Å²) in [5.41, 5.74) is 7.03. The zero-order valence-corrected chi connectivity index (χ0v) is 12.2. The fraction of sp³-hybridized carbons (Fsp3) is 0.538. The van der Waals surface area contributed by atoms with Crippen LogP contribution in [0.5, 0.6) is 0 Å². The van der Waals surface area contributed by atoms with Crippen LogP contribution in [0.2, 0.25) is 10.0 Å². The number of halogens is 2. The lowest BCUT2D eigenvalue weighted by Gasteiger charge is -2.23. The minimum absolute atomic E-state index is 0.261. The molecule has 0 fully saturated rings. The normalized spacial score (nSPS) is 13.0. The Hall–Kier alpha value is -0.320. The average molecular weight is 292 g/mol. The summed E-state index contributed by atoms with van der Waals surface area (Å²) < 4.78 is 10.9. The minimum Gasteiger partial charge on any atom is -0.351 e. The minimum atomic E-state index is -0.410. The van der Waals surface area contributed by atoms with Crippen LogP contribution >= 0.6 is 23.2 Å². The van der Waals surface area contributed by atoms with Gasteiger partial charge in [0.25, 0.3) is 0 Å². The summed E-state index contributed by atoms with van der Waals surface area (Å²) >= 11 is 12.0. The maximum absolute atomic E-state index is 6.11. The third kappa shape index (κ3) is 4.75. The van der Waals surface area contributed by atoms with Gasteiger partial charge >= 0.3 is 0 Å². The van der Waals surface area contributed by atoms with Crippen molar-refractivity contribution in [3.8, 4) is 0 Å². The van der Waals surface area contributed by atoms with Crippen molar-refractivity contribution in [2.45, 2.75) is 32.6 Å². The summed E-state index contributed by atoms with van der Waals surface area (Å²) in [6, 6.07) is 5.12. The Kier molecular flexibility index (Phi) is 6.97. The highest BCUT2D eigenvalue weighted by molar-refractivity contribution is 6.35. The zero-order chi connectivity index (χ0) is 13.5. The highest BCUT2D eigenvalue weighted by atomic mass is 35.5. The molecule has 102 valence electrons. The Balaban J connectivity index is 2.69. The zero-order valence-electron chi connectivity index (χ0n) is 10.7. The second-order valence-electron chi connectivity index (χ2n) is 3.88. The summed E-state index contributed by atoms with van der Waals surface area (Å²) in [6.07, 6.45) is 0.174. The lowest BCUT2D eigenvalue weighted by Crippen LogP contribution is -2.40. The van der Waals surface area contributed by atoms with E-state index in [0.717, 1.165) is 5.56 Å². The second-order valence-corrected chi connectivity index (χ2v) is 4.73. The number of nitrogens with two attached hydrogens (primary N) is 1. The van der Waals surface area contributed by atoms with Crippen LogP contribution in [-0.4, -0.2) is 25.5 Å². The number of ether oxygens (including phenoxy) is 2. The van der Waals surface area contributed by atoms with Crippen molar-refractivity contribution in [2.24, 2.45) is 5.73 Å². The first-order chi connectivity index (χ1) is 8.58. The van der Waals surface area contributed by atoms with Crippen molar-refractivity contribution in [1.82, 2.24) is 0 Å². The van der Waals surface area contributed by atoms with Crippen LogP contribution in [0.15, 0.2) is 18.2 Å². The highest BCUT2D eigenvalue weighted by Gasteiger charge is 2.19. The van der Waals surface area contributed by atoms with Gasteiger partial charge in [-0.25, -0.2) is 0 Å². The van der Waals surface area contributed by atoms with Crippen LogP contribution < -0.4 is 5.73 Å². The third-order valence-electron chi connectivity index (χ3n) is 2.48. The Morgan fingerprint density at radius 2 is 1.78 bits per heavy atom. The molecule has 1 rings (SSSR count). The van der Waals surface area contributed by atoms with Gasteiger partial charge in [0.05, 0.1) is 6.04 Å². The molecule has 0 aliphatic carbocycles. The molecule has 0 aromatic heterocycles. The molecule has 1 unspecified atom stereocenters. The molecule has 0 saturated heterocycles. The fourth-order valence-electron chi connectivity index (χ4n) is 1.66. The molecule has 0 aliphatic rings. The van der Waals surface area contributed by atoms with Gasteiger partial charge in [-0.05, 0) is 38.0 Å². The van der Waals surface area contributed by atoms with Crippen molar-refractivity contribution in [3.05, 3.63) is 33.8 Å². The van der Waals surface area contributed by atoms with Crippen molar-refractivity contribution in [3.63, 3.8) is 0 Å². The number of rotatable bonds is 7. The van der Waals surface area contributed by atoms with E-state index < -0.39 is 6.29 Å². The molecule has 2 N–H and O–H groups in total. The van der Waals surface area contributed by atoms with Gasteiger partial charge in [0.2, 0.25) is 0 Å². The SMILES string of the molecule is CCOC(OCC)C(N)Cc1ccc(Cl)cc1Cl. The van der Waals surface area contributed by atoms with E-state index in [1.54, 1.807) is 12.1 Å². The molecule has 0 bridgehead atoms. The molecule has 0 heterocycles. The molecule has 18 heavy (non-hydrogen) atoms. The van der Waals surface area contributed by atoms with E-state index in [2.05, 4.69) is 0 Å². The summed E-state index contributed by atoms with van der Waals surface area (Å²) in [6.45, 7) is 4.95. The summed E-state index contributed by atoms with van der Waals surface area (Å²) in [5, 5.41) is 1.23. The lowest BCUT2D eigenvalue weighted by atomic mass is 10.1. The topological polar surface area (TPSA) is 44.5 Å². The van der Waals surface area contributed by atoms with Crippen LogP contribution in [0.4, 0.5) is 0 Å². The van der Waals surface area contributed by atoms with E-state index in [9.17, 15) is 0 Å². The monoisotopic (exact) mass is 291 g/mol. The Morgan fingerprint density at radius 3 is 2.28 bits per heavy atom. The maximum atomic E-state index is 6.11. The van der Waals surface area contributed by atoms with Gasteiger partial charge in [0, 0.05) is 23.3 Å². The molecular weight excluding hydrogens is 273 g/mol. The summed E-state index contributed by atoms with van der Waals surface area (Å²) in [7, 11) is 0. The van der Waals surface area contributed by atoms with Crippen LogP contribution in [0.3, 0.4) is 0 Å². The second kappa shape index (κ2) is 7.97. The van der Waals surface area contributed by atoms with Crippen molar-refractivity contribution >= 4 is 23.2 Å². The van der Waals surface area contributed by atoms with Crippen molar-refractivity contribution < 1.29 is 9.47 Å². The first-order valence-corrected chi connectivity index (χ1v) is 6.76. The van der Waals surface area contributed by atoms with Gasteiger partial charge in [0.15, 0.2) is 6.29 Å². The Bertz CT molecular complexity index is 368. The molecule has 0 amide bonds. The number of benzene rings is 1. The Morgan fingerprint density at radius 1 is 1.17 bits per heavy atom. The smallest absolute Gasteiger partial charge is 0.172 e. The molecule has 0 radical (unpaired) electrons. The van der Waals surface area contributed by atoms with E-state index in [1.807, 2.05) is 19.9 Å². The van der Waals surface area contributed by atoms with E-state index in [4.69, 9.17) is 38.4 Å². The molecule has 1 atom stereocenters. The quantitative estimate of drug-likeness (QED) is 0.784. The van der Waals surface area contributed by atoms with E-state index in [-0.39, 0.29) is 6.04 Å². The van der Waals surface area contributed by atoms with Crippen molar-refractivity contribution in [1.29, 1.82) is 0 Å². The van der Waals surface area contributed by atoms with E-state index in [0.29, 0.717) is 29.7 Å². The Labute approximate surface area is 118 Å². The van der Waals surface area contributed by atoms with Gasteiger partial charge in [-0.15, -0.1) is 0 Å². The largest absolute Gasteiger partial charge is 0.351 e. The third-order valence-corrected chi connectivity index (χ3v) is 3.07. The van der Waals surface area contributed by atoms with Gasteiger partial charge in [-0.2, -0.15) is 0 Å². The number of hydrogen-bond acceptors (Lipinski definition) is 3. The maximum Gasteiger partial charge on any atom is 0.172 e. The van der Waals surface area contributed by atoms with Crippen molar-refractivity contribution in [2.75, 3.05) is 13.2 Å². The van der Waals surface area contributed by atoms with E-state index >= 15 is 0 Å². The first-order valence-electron chi connectivity index (χ1n) is 6.01. The molecule has 1 aromatic carbocycles. The standard InChI is InChI=1S/C13H19Cl2NO2/c1-3-17-13(18-4-2)12(16)7-9-5-6-10(14)8-11(9)15/h5-6,8,12-13H,3-4,7,16H2,1-2H3. The predicted molar refractivity (Wildman–Crippen MR) is 75.2 cm³/mol. The fourth-order valence-corrected chi connectivity index (χ4v) is 2.15. The highest BCUT2D eigenvalue weighted by Crippen LogP contribution is 2.22. The summed E-state index contributed by atoms with van der Waals surface area (Å²) in [5.74, 6) is 0. The molecule has 1 aromatic rings. The summed E-state index contributed by atoms with van der Waals surface area (Å²) in [4.78, 5) is 0. The predicted octanol–water partition coefficient (Wildman–Crippen LogP) is 3.26. The van der Waals surface area contributed by atoms with Gasteiger partial charge < -0.3 is 15.2 Å². The molecular formula is C13H19Cl2NO2. The van der Waals surface area contributed by atoms with Gasteiger partial charge in [0.1, 0.15) is 0 Å². The van der Waals surface area contributed by atoms with Crippen LogP contribution in [-0.2, 0) is 15.9 Å². The number of hydrogen-bond donors (Lipinski definition) is 1. The molecule has 3 nitrogen and oxygen atoms in total.